The minimum absolute atomic E-state index is 0.476. The summed E-state index contributed by atoms with van der Waals surface area (Å²) in [5.41, 5.74) is -0.476. The minimum Gasteiger partial charge on any atom is -0.387 e. The molecule has 0 aromatic heterocycles. The standard InChI is InChI=1S/C14H28N2O/c1-3-12-4-6-13(7-5-12)16(2)11-14(17)8-9-15-10-14/h12-13,15,17H,3-11H2,1-2H3. The summed E-state index contributed by atoms with van der Waals surface area (Å²) in [7, 11) is 2.19. The highest BCUT2D eigenvalue weighted by Gasteiger charge is 2.34. The number of hydrogen-bond donors (Lipinski definition) is 2. The van der Waals surface area contributed by atoms with Crippen molar-refractivity contribution in [1.82, 2.24) is 10.2 Å². The molecule has 3 heteroatoms. The zero-order valence-electron chi connectivity index (χ0n) is 11.4. The Morgan fingerprint density at radius 2 is 2.00 bits per heavy atom. The molecule has 17 heavy (non-hydrogen) atoms. The Balaban J connectivity index is 1.78. The van der Waals surface area contributed by atoms with Gasteiger partial charge in [-0.25, -0.2) is 0 Å². The monoisotopic (exact) mass is 240 g/mol. The molecule has 100 valence electrons. The van der Waals surface area contributed by atoms with E-state index in [1.807, 2.05) is 0 Å². The van der Waals surface area contributed by atoms with Crippen LogP contribution in [0.1, 0.15) is 45.4 Å². The Morgan fingerprint density at radius 1 is 1.29 bits per heavy atom. The highest BCUT2D eigenvalue weighted by molar-refractivity contribution is 4.91. The maximum absolute atomic E-state index is 10.4. The Bertz CT molecular complexity index is 230. The molecule has 1 saturated heterocycles. The topological polar surface area (TPSA) is 35.5 Å². The van der Waals surface area contributed by atoms with Crippen molar-refractivity contribution in [3.8, 4) is 0 Å². The molecule has 1 heterocycles. The molecular formula is C14H28N2O. The van der Waals surface area contributed by atoms with Gasteiger partial charge in [-0.05, 0) is 51.6 Å². The lowest BCUT2D eigenvalue weighted by molar-refractivity contribution is 0.00892. The number of nitrogens with one attached hydrogen (secondary N) is 1. The second-order valence-corrected chi connectivity index (χ2v) is 6.15. The molecule has 0 aromatic rings. The fraction of sp³-hybridized carbons (Fsp3) is 1.00. The lowest BCUT2D eigenvalue weighted by Gasteiger charge is -2.37. The van der Waals surface area contributed by atoms with Gasteiger partial charge in [-0.15, -0.1) is 0 Å². The van der Waals surface area contributed by atoms with Crippen LogP contribution in [0.4, 0.5) is 0 Å². The Kier molecular flexibility index (Phi) is 4.45. The lowest BCUT2D eigenvalue weighted by atomic mass is 9.83. The van der Waals surface area contributed by atoms with Gasteiger partial charge in [0.05, 0.1) is 5.60 Å². The summed E-state index contributed by atoms with van der Waals surface area (Å²) in [6.45, 7) is 4.87. The first-order valence-corrected chi connectivity index (χ1v) is 7.26. The molecule has 2 N–H and O–H groups in total. The highest BCUT2D eigenvalue weighted by atomic mass is 16.3. The van der Waals surface area contributed by atoms with Gasteiger partial charge in [0.25, 0.3) is 0 Å². The van der Waals surface area contributed by atoms with Crippen molar-refractivity contribution < 1.29 is 5.11 Å². The number of rotatable bonds is 4. The number of likely N-dealkylation sites (N-methyl/N-ethyl adjacent to an activating group) is 1. The summed E-state index contributed by atoms with van der Waals surface area (Å²) in [6.07, 6.45) is 7.63. The smallest absolute Gasteiger partial charge is 0.0909 e. The van der Waals surface area contributed by atoms with Crippen molar-refractivity contribution in [2.24, 2.45) is 5.92 Å². The van der Waals surface area contributed by atoms with Crippen molar-refractivity contribution in [2.45, 2.75) is 57.1 Å². The van der Waals surface area contributed by atoms with E-state index in [2.05, 4.69) is 24.2 Å². The van der Waals surface area contributed by atoms with Crippen LogP contribution < -0.4 is 5.32 Å². The molecule has 2 rings (SSSR count). The largest absolute Gasteiger partial charge is 0.387 e. The highest BCUT2D eigenvalue weighted by Crippen LogP contribution is 2.30. The second kappa shape index (κ2) is 5.68. The summed E-state index contributed by atoms with van der Waals surface area (Å²) in [4.78, 5) is 2.40. The average Bonchev–Trinajstić information content (AvgIpc) is 2.76. The van der Waals surface area contributed by atoms with Crippen molar-refractivity contribution in [1.29, 1.82) is 0 Å². The number of nitrogens with zero attached hydrogens (tertiary/aromatic N) is 1. The van der Waals surface area contributed by atoms with Gasteiger partial charge in [-0.1, -0.05) is 13.3 Å². The Labute approximate surface area is 106 Å². The van der Waals surface area contributed by atoms with Gasteiger partial charge in [-0.2, -0.15) is 0 Å². The molecule has 0 radical (unpaired) electrons. The van der Waals surface area contributed by atoms with Crippen LogP contribution in [-0.4, -0.2) is 48.3 Å². The molecule has 1 unspecified atom stereocenters. The van der Waals surface area contributed by atoms with Crippen LogP contribution in [0.3, 0.4) is 0 Å². The molecule has 2 fully saturated rings. The van der Waals surface area contributed by atoms with E-state index in [4.69, 9.17) is 0 Å². The molecule has 0 aromatic carbocycles. The van der Waals surface area contributed by atoms with Crippen LogP contribution in [-0.2, 0) is 0 Å². The Hall–Kier alpha value is -0.120. The summed E-state index contributed by atoms with van der Waals surface area (Å²) in [6, 6.07) is 0.697. The van der Waals surface area contributed by atoms with Gasteiger partial charge < -0.3 is 15.3 Å². The van der Waals surface area contributed by atoms with E-state index in [1.165, 1.54) is 32.1 Å². The number of hydrogen-bond acceptors (Lipinski definition) is 3. The van der Waals surface area contributed by atoms with E-state index in [0.717, 1.165) is 32.0 Å². The Morgan fingerprint density at radius 3 is 2.53 bits per heavy atom. The van der Waals surface area contributed by atoms with Crippen LogP contribution in [0, 0.1) is 5.92 Å². The SMILES string of the molecule is CCC1CCC(N(C)CC2(O)CCNC2)CC1. The van der Waals surface area contributed by atoms with Gasteiger partial charge in [0, 0.05) is 19.1 Å². The van der Waals surface area contributed by atoms with Crippen LogP contribution in [0.25, 0.3) is 0 Å². The summed E-state index contributed by atoms with van der Waals surface area (Å²) < 4.78 is 0. The predicted molar refractivity (Wildman–Crippen MR) is 71.1 cm³/mol. The fourth-order valence-electron chi connectivity index (χ4n) is 3.45. The number of aliphatic hydroxyl groups is 1. The average molecular weight is 240 g/mol. The van der Waals surface area contributed by atoms with Crippen LogP contribution >= 0.6 is 0 Å². The quantitative estimate of drug-likeness (QED) is 0.784. The fourth-order valence-corrected chi connectivity index (χ4v) is 3.45. The van der Waals surface area contributed by atoms with Gasteiger partial charge in [-0.3, -0.25) is 0 Å². The van der Waals surface area contributed by atoms with Gasteiger partial charge in [0.1, 0.15) is 0 Å². The molecular weight excluding hydrogens is 212 g/mol. The van der Waals surface area contributed by atoms with Crippen LogP contribution in [0.15, 0.2) is 0 Å². The van der Waals surface area contributed by atoms with E-state index in [0.29, 0.717) is 6.04 Å². The van der Waals surface area contributed by atoms with Crippen molar-refractivity contribution in [3.05, 3.63) is 0 Å². The zero-order valence-corrected chi connectivity index (χ0v) is 11.4. The molecule has 1 atom stereocenters. The molecule has 0 amide bonds. The summed E-state index contributed by atoms with van der Waals surface area (Å²) >= 11 is 0. The molecule has 3 nitrogen and oxygen atoms in total. The lowest BCUT2D eigenvalue weighted by Crippen LogP contribution is -2.47. The van der Waals surface area contributed by atoms with E-state index in [9.17, 15) is 5.11 Å². The maximum atomic E-state index is 10.4. The first kappa shape index (κ1) is 13.3. The zero-order chi connectivity index (χ0) is 12.3. The first-order valence-electron chi connectivity index (χ1n) is 7.26. The minimum atomic E-state index is -0.476. The molecule has 0 spiro atoms. The predicted octanol–water partition coefficient (Wildman–Crippen LogP) is 1.61. The van der Waals surface area contributed by atoms with Gasteiger partial charge in [0.15, 0.2) is 0 Å². The first-order chi connectivity index (χ1) is 8.13. The van der Waals surface area contributed by atoms with Crippen LogP contribution in [0.2, 0.25) is 0 Å². The maximum Gasteiger partial charge on any atom is 0.0909 e. The van der Waals surface area contributed by atoms with E-state index < -0.39 is 5.60 Å². The molecule has 0 bridgehead atoms. The molecule has 1 saturated carbocycles. The third-order valence-electron chi connectivity index (χ3n) is 4.78. The van der Waals surface area contributed by atoms with Gasteiger partial charge >= 0.3 is 0 Å². The van der Waals surface area contributed by atoms with Gasteiger partial charge in [0.2, 0.25) is 0 Å². The third-order valence-corrected chi connectivity index (χ3v) is 4.78. The molecule has 1 aliphatic carbocycles. The normalized spacial score (nSPS) is 38.8. The molecule has 2 aliphatic rings. The third kappa shape index (κ3) is 3.43. The van der Waals surface area contributed by atoms with Crippen LogP contribution in [0.5, 0.6) is 0 Å². The van der Waals surface area contributed by atoms with E-state index >= 15 is 0 Å². The number of β-amino-alcohol motifs (C(OH)–C–C–N with tert-alkyl or cyclic N) is 1. The van der Waals surface area contributed by atoms with Crippen molar-refractivity contribution >= 4 is 0 Å². The molecule has 1 aliphatic heterocycles. The van der Waals surface area contributed by atoms with Crippen molar-refractivity contribution in [2.75, 3.05) is 26.7 Å². The van der Waals surface area contributed by atoms with E-state index in [-0.39, 0.29) is 0 Å². The summed E-state index contributed by atoms with van der Waals surface area (Å²) in [5.74, 6) is 0.955. The van der Waals surface area contributed by atoms with Crippen molar-refractivity contribution in [3.63, 3.8) is 0 Å². The second-order valence-electron chi connectivity index (χ2n) is 6.15. The van der Waals surface area contributed by atoms with E-state index in [1.54, 1.807) is 0 Å². The summed E-state index contributed by atoms with van der Waals surface area (Å²) in [5, 5.41) is 13.6.